The monoisotopic (exact) mass is 360 g/mol. The molecule has 130 valence electrons. The van der Waals surface area contributed by atoms with Crippen LogP contribution in [-0.2, 0) is 11.3 Å². The van der Waals surface area contributed by atoms with Crippen molar-refractivity contribution in [2.24, 2.45) is 5.73 Å². The Labute approximate surface area is 149 Å². The summed E-state index contributed by atoms with van der Waals surface area (Å²) in [4.78, 5) is 34.9. The third-order valence-corrected chi connectivity index (χ3v) is 3.49. The Balaban J connectivity index is 1.79. The second-order valence-electron chi connectivity index (χ2n) is 5.12. The summed E-state index contributed by atoms with van der Waals surface area (Å²) in [5.74, 6) is -1.13. The summed E-state index contributed by atoms with van der Waals surface area (Å²) in [6.07, 6.45) is 0. The lowest BCUT2D eigenvalue weighted by molar-refractivity contribution is -0.115. The van der Waals surface area contributed by atoms with Gasteiger partial charge in [0.1, 0.15) is 0 Å². The average Bonchev–Trinajstić information content (AvgIpc) is 2.59. The summed E-state index contributed by atoms with van der Waals surface area (Å²) in [7, 11) is 0. The number of hydrogen-bond acceptors (Lipinski definition) is 3. The molecule has 0 aromatic heterocycles. The van der Waals surface area contributed by atoms with Gasteiger partial charge in [0.2, 0.25) is 5.91 Å². The number of amides is 4. The zero-order valence-electron chi connectivity index (χ0n) is 13.2. The average molecular weight is 361 g/mol. The molecule has 0 heterocycles. The van der Waals surface area contributed by atoms with Gasteiger partial charge in [0.25, 0.3) is 5.91 Å². The first-order valence-electron chi connectivity index (χ1n) is 7.40. The largest absolute Gasteiger partial charge is 0.366 e. The van der Waals surface area contributed by atoms with Crippen LogP contribution >= 0.6 is 11.6 Å². The van der Waals surface area contributed by atoms with Crippen molar-refractivity contribution in [1.29, 1.82) is 0 Å². The van der Waals surface area contributed by atoms with E-state index in [0.29, 0.717) is 17.3 Å². The van der Waals surface area contributed by atoms with Gasteiger partial charge in [-0.05, 0) is 29.8 Å². The van der Waals surface area contributed by atoms with E-state index in [4.69, 9.17) is 17.3 Å². The van der Waals surface area contributed by atoms with Crippen LogP contribution in [-0.4, -0.2) is 24.4 Å². The smallest absolute Gasteiger partial charge is 0.315 e. The van der Waals surface area contributed by atoms with Crippen LogP contribution in [0.5, 0.6) is 0 Å². The highest BCUT2D eigenvalue weighted by Crippen LogP contribution is 2.13. The van der Waals surface area contributed by atoms with E-state index in [0.717, 1.165) is 5.56 Å². The fourth-order valence-electron chi connectivity index (χ4n) is 2.01. The first-order valence-corrected chi connectivity index (χ1v) is 7.78. The summed E-state index contributed by atoms with van der Waals surface area (Å²) in [6, 6.07) is 12.9. The molecule has 25 heavy (non-hydrogen) atoms. The third kappa shape index (κ3) is 5.82. The molecule has 5 N–H and O–H groups in total. The summed E-state index contributed by atoms with van der Waals surface area (Å²) in [5.41, 5.74) is 6.60. The molecule has 7 nitrogen and oxygen atoms in total. The van der Waals surface area contributed by atoms with E-state index in [1.54, 1.807) is 42.5 Å². The zero-order valence-corrected chi connectivity index (χ0v) is 14.0. The molecule has 0 saturated heterocycles. The van der Waals surface area contributed by atoms with Crippen LogP contribution in [0.2, 0.25) is 5.02 Å². The Morgan fingerprint density at radius 2 is 1.64 bits per heavy atom. The summed E-state index contributed by atoms with van der Waals surface area (Å²) < 4.78 is 0. The fraction of sp³-hybridized carbons (Fsp3) is 0.118. The second-order valence-corrected chi connectivity index (χ2v) is 5.56. The molecule has 0 radical (unpaired) electrons. The van der Waals surface area contributed by atoms with Crippen molar-refractivity contribution in [3.63, 3.8) is 0 Å². The maximum atomic E-state index is 11.9. The molecule has 0 atom stereocenters. The first-order chi connectivity index (χ1) is 12.0. The molecule has 2 rings (SSSR count). The molecular weight excluding hydrogens is 344 g/mol. The van der Waals surface area contributed by atoms with Crippen LogP contribution in [0.4, 0.5) is 10.5 Å². The first kappa shape index (κ1) is 18.3. The standard InChI is InChI=1S/C17H17ClN4O3/c18-12-7-5-11(6-8-12)9-20-17(25)21-10-15(23)22-14-4-2-1-3-13(14)16(19)24/h1-8H,9-10H2,(H2,19,24)(H,22,23)(H2,20,21,25). The number of urea groups is 1. The van der Waals surface area contributed by atoms with E-state index < -0.39 is 17.8 Å². The highest BCUT2D eigenvalue weighted by molar-refractivity contribution is 6.30. The van der Waals surface area contributed by atoms with Crippen molar-refractivity contribution in [1.82, 2.24) is 10.6 Å². The van der Waals surface area contributed by atoms with Crippen LogP contribution in [0.1, 0.15) is 15.9 Å². The van der Waals surface area contributed by atoms with Crippen LogP contribution < -0.4 is 21.7 Å². The van der Waals surface area contributed by atoms with Crippen LogP contribution in [0.25, 0.3) is 0 Å². The van der Waals surface area contributed by atoms with Gasteiger partial charge in [-0.3, -0.25) is 9.59 Å². The number of hydrogen-bond donors (Lipinski definition) is 4. The Bertz CT molecular complexity index is 778. The maximum absolute atomic E-state index is 11.9. The minimum Gasteiger partial charge on any atom is -0.366 e. The number of benzene rings is 2. The van der Waals surface area contributed by atoms with Crippen molar-refractivity contribution < 1.29 is 14.4 Å². The van der Waals surface area contributed by atoms with Crippen LogP contribution in [0.3, 0.4) is 0 Å². The molecule has 0 aliphatic rings. The lowest BCUT2D eigenvalue weighted by Gasteiger charge is -2.10. The predicted molar refractivity (Wildman–Crippen MR) is 95.3 cm³/mol. The van der Waals surface area contributed by atoms with E-state index in [1.165, 1.54) is 6.07 Å². The minimum absolute atomic E-state index is 0.197. The molecule has 8 heteroatoms. The van der Waals surface area contributed by atoms with Gasteiger partial charge in [0, 0.05) is 11.6 Å². The maximum Gasteiger partial charge on any atom is 0.315 e. The van der Waals surface area contributed by atoms with E-state index in [1.807, 2.05) is 0 Å². The van der Waals surface area contributed by atoms with Crippen molar-refractivity contribution in [3.8, 4) is 0 Å². The molecule has 0 unspecified atom stereocenters. The highest BCUT2D eigenvalue weighted by Gasteiger charge is 2.11. The molecule has 2 aromatic rings. The van der Waals surface area contributed by atoms with Crippen molar-refractivity contribution in [2.45, 2.75) is 6.54 Å². The topological polar surface area (TPSA) is 113 Å². The lowest BCUT2D eigenvalue weighted by Crippen LogP contribution is -2.39. The van der Waals surface area contributed by atoms with Gasteiger partial charge in [-0.1, -0.05) is 35.9 Å². The Morgan fingerprint density at radius 1 is 0.960 bits per heavy atom. The highest BCUT2D eigenvalue weighted by atomic mass is 35.5. The molecule has 0 saturated carbocycles. The number of nitrogens with two attached hydrogens (primary N) is 1. The number of para-hydroxylation sites is 1. The van der Waals surface area contributed by atoms with Gasteiger partial charge in [-0.2, -0.15) is 0 Å². The van der Waals surface area contributed by atoms with E-state index in [9.17, 15) is 14.4 Å². The van der Waals surface area contributed by atoms with Gasteiger partial charge >= 0.3 is 6.03 Å². The Hall–Kier alpha value is -3.06. The van der Waals surface area contributed by atoms with Crippen molar-refractivity contribution >= 4 is 35.1 Å². The number of carbonyl (C=O) groups is 3. The number of carbonyl (C=O) groups excluding carboxylic acids is 3. The van der Waals surface area contributed by atoms with Gasteiger partial charge < -0.3 is 21.7 Å². The third-order valence-electron chi connectivity index (χ3n) is 3.24. The molecule has 0 aliphatic heterocycles. The molecule has 0 spiro atoms. The number of rotatable bonds is 6. The SMILES string of the molecule is NC(=O)c1ccccc1NC(=O)CNC(=O)NCc1ccc(Cl)cc1. The number of nitrogens with one attached hydrogen (secondary N) is 3. The van der Waals surface area contributed by atoms with Gasteiger partial charge in [0.05, 0.1) is 17.8 Å². The molecule has 0 bridgehead atoms. The lowest BCUT2D eigenvalue weighted by atomic mass is 10.1. The van der Waals surface area contributed by atoms with E-state index in [-0.39, 0.29) is 12.1 Å². The zero-order chi connectivity index (χ0) is 18.2. The molecular formula is C17H17ClN4O3. The molecule has 2 aromatic carbocycles. The summed E-state index contributed by atoms with van der Waals surface area (Å²) in [5, 5.41) is 8.19. The molecule has 4 amide bonds. The van der Waals surface area contributed by atoms with Gasteiger partial charge in [-0.25, -0.2) is 4.79 Å². The van der Waals surface area contributed by atoms with E-state index >= 15 is 0 Å². The normalized spacial score (nSPS) is 9.96. The number of anilines is 1. The predicted octanol–water partition coefficient (Wildman–Crippen LogP) is 1.88. The van der Waals surface area contributed by atoms with Gasteiger partial charge in [-0.15, -0.1) is 0 Å². The van der Waals surface area contributed by atoms with Crippen LogP contribution in [0.15, 0.2) is 48.5 Å². The minimum atomic E-state index is -0.649. The van der Waals surface area contributed by atoms with Crippen molar-refractivity contribution in [2.75, 3.05) is 11.9 Å². The quantitative estimate of drug-likeness (QED) is 0.630. The van der Waals surface area contributed by atoms with Crippen molar-refractivity contribution in [3.05, 3.63) is 64.7 Å². The molecule has 0 fully saturated rings. The number of halogens is 1. The van der Waals surface area contributed by atoms with Gasteiger partial charge in [0.15, 0.2) is 0 Å². The Kier molecular flexibility index (Phi) is 6.36. The van der Waals surface area contributed by atoms with Crippen LogP contribution in [0, 0.1) is 0 Å². The summed E-state index contributed by atoms with van der Waals surface area (Å²) in [6.45, 7) is 0.0503. The fourth-order valence-corrected chi connectivity index (χ4v) is 2.14. The Morgan fingerprint density at radius 3 is 2.32 bits per heavy atom. The van der Waals surface area contributed by atoms with E-state index in [2.05, 4.69) is 16.0 Å². The number of primary amides is 1. The second kappa shape index (κ2) is 8.70. The molecule has 0 aliphatic carbocycles. The summed E-state index contributed by atoms with van der Waals surface area (Å²) >= 11 is 5.78.